The zero-order chi connectivity index (χ0) is 8.81. The van der Waals surface area contributed by atoms with Crippen LogP contribution in [0, 0.1) is 0 Å². The maximum Gasteiger partial charge on any atom is 0.126 e. The van der Waals surface area contributed by atoms with Crippen LogP contribution >= 0.6 is 0 Å². The van der Waals surface area contributed by atoms with Gasteiger partial charge in [-0.15, -0.1) is 0 Å². The van der Waals surface area contributed by atoms with Crippen LogP contribution in [0.15, 0.2) is 18.3 Å². The molecule has 66 valence electrons. The van der Waals surface area contributed by atoms with E-state index in [1.54, 1.807) is 6.20 Å². The molecule has 0 unspecified atom stereocenters. The fraction of sp³-hybridized carbons (Fsp3) is 0.375. The van der Waals surface area contributed by atoms with Crippen LogP contribution in [0.5, 0.6) is 0 Å². The molecule has 4 heteroatoms. The lowest BCUT2D eigenvalue weighted by Crippen LogP contribution is -2.07. The fourth-order valence-electron chi connectivity index (χ4n) is 0.837. The topological polar surface area (TPSA) is 63.0 Å². The molecule has 12 heavy (non-hydrogen) atoms. The molecule has 0 aliphatic heterocycles. The van der Waals surface area contributed by atoms with Gasteiger partial charge in [-0.05, 0) is 18.6 Å². The van der Waals surface area contributed by atoms with Gasteiger partial charge in [0.25, 0.3) is 0 Å². The van der Waals surface area contributed by atoms with Gasteiger partial charge in [-0.2, -0.15) is 0 Å². The smallest absolute Gasteiger partial charge is 0.126 e. The number of nitrogens with zero attached hydrogens (tertiary/aromatic N) is 1. The first-order valence-corrected chi connectivity index (χ1v) is 4.03. The molecule has 0 radical (unpaired) electrons. The van der Waals surface area contributed by atoms with E-state index in [0.717, 1.165) is 24.5 Å². The van der Waals surface area contributed by atoms with Crippen LogP contribution in [0.3, 0.4) is 0 Å². The van der Waals surface area contributed by atoms with Crippen molar-refractivity contribution in [1.82, 2.24) is 4.98 Å². The monoisotopic (exact) mass is 166 g/mol. The molecule has 1 aromatic rings. The summed E-state index contributed by atoms with van der Waals surface area (Å²) < 4.78 is 0. The number of rotatable bonds is 4. The molecular weight excluding hydrogens is 152 g/mol. The minimum atomic E-state index is 0.817. The molecule has 0 aliphatic carbocycles. The van der Waals surface area contributed by atoms with Crippen molar-refractivity contribution in [3.63, 3.8) is 0 Å². The Morgan fingerprint density at radius 2 is 2.33 bits per heavy atom. The van der Waals surface area contributed by atoms with E-state index in [2.05, 4.69) is 22.7 Å². The standard InChI is InChI=1S/C8H14N4/c1-2-5-10-8-4-3-7(12-9)6-11-8/h3-4,6,12H,2,5,9H2,1H3,(H,10,11). The predicted octanol–water partition coefficient (Wildman–Crippen LogP) is 1.19. The van der Waals surface area contributed by atoms with E-state index in [1.165, 1.54) is 0 Å². The third-order valence-electron chi connectivity index (χ3n) is 1.49. The van der Waals surface area contributed by atoms with E-state index >= 15 is 0 Å². The third kappa shape index (κ3) is 2.39. The molecule has 0 saturated carbocycles. The highest BCUT2D eigenvalue weighted by Gasteiger charge is 1.91. The molecule has 0 fully saturated rings. The van der Waals surface area contributed by atoms with E-state index in [0.29, 0.717) is 0 Å². The Labute approximate surface area is 72.2 Å². The largest absolute Gasteiger partial charge is 0.370 e. The second kappa shape index (κ2) is 4.56. The summed E-state index contributed by atoms with van der Waals surface area (Å²) in [6, 6.07) is 3.77. The van der Waals surface area contributed by atoms with Crippen molar-refractivity contribution in [2.75, 3.05) is 17.3 Å². The first-order valence-electron chi connectivity index (χ1n) is 4.03. The van der Waals surface area contributed by atoms with Gasteiger partial charge < -0.3 is 10.7 Å². The number of nitrogens with two attached hydrogens (primary N) is 1. The molecule has 0 atom stereocenters. The molecule has 0 bridgehead atoms. The molecule has 0 spiro atoms. The van der Waals surface area contributed by atoms with E-state index in [9.17, 15) is 0 Å². The van der Waals surface area contributed by atoms with Crippen molar-refractivity contribution in [1.29, 1.82) is 0 Å². The van der Waals surface area contributed by atoms with Crippen molar-refractivity contribution < 1.29 is 0 Å². The Morgan fingerprint density at radius 1 is 1.50 bits per heavy atom. The van der Waals surface area contributed by atoms with Crippen LogP contribution in [0.25, 0.3) is 0 Å². The summed E-state index contributed by atoms with van der Waals surface area (Å²) in [5.41, 5.74) is 3.34. The van der Waals surface area contributed by atoms with E-state index in [1.807, 2.05) is 12.1 Å². The van der Waals surface area contributed by atoms with E-state index < -0.39 is 0 Å². The summed E-state index contributed by atoms with van der Waals surface area (Å²) in [6.07, 6.45) is 2.79. The first kappa shape index (κ1) is 8.80. The van der Waals surface area contributed by atoms with Gasteiger partial charge in [-0.1, -0.05) is 6.92 Å². The van der Waals surface area contributed by atoms with Gasteiger partial charge in [-0.3, -0.25) is 5.84 Å². The van der Waals surface area contributed by atoms with Gasteiger partial charge in [0.2, 0.25) is 0 Å². The van der Waals surface area contributed by atoms with Crippen LogP contribution in [-0.4, -0.2) is 11.5 Å². The second-order valence-electron chi connectivity index (χ2n) is 2.50. The van der Waals surface area contributed by atoms with Gasteiger partial charge >= 0.3 is 0 Å². The van der Waals surface area contributed by atoms with Crippen molar-refractivity contribution in [2.45, 2.75) is 13.3 Å². The Morgan fingerprint density at radius 3 is 2.83 bits per heavy atom. The minimum Gasteiger partial charge on any atom is -0.370 e. The molecule has 0 amide bonds. The molecular formula is C8H14N4. The van der Waals surface area contributed by atoms with Gasteiger partial charge in [0.1, 0.15) is 5.82 Å². The van der Waals surface area contributed by atoms with Crippen molar-refractivity contribution in [2.24, 2.45) is 5.84 Å². The highest BCUT2D eigenvalue weighted by molar-refractivity contribution is 5.46. The van der Waals surface area contributed by atoms with Crippen LogP contribution in [0.1, 0.15) is 13.3 Å². The fourth-order valence-corrected chi connectivity index (χ4v) is 0.837. The normalized spacial score (nSPS) is 9.50. The Hall–Kier alpha value is -1.29. The Bertz CT molecular complexity index is 219. The lowest BCUT2D eigenvalue weighted by Gasteiger charge is -2.03. The summed E-state index contributed by atoms with van der Waals surface area (Å²) >= 11 is 0. The molecule has 0 aliphatic rings. The zero-order valence-electron chi connectivity index (χ0n) is 7.17. The van der Waals surface area contributed by atoms with Gasteiger partial charge in [-0.25, -0.2) is 4.98 Å². The number of anilines is 2. The number of aromatic nitrogens is 1. The summed E-state index contributed by atoms with van der Waals surface area (Å²) in [5.74, 6) is 6.07. The van der Waals surface area contributed by atoms with Gasteiger partial charge in [0.05, 0.1) is 11.9 Å². The number of nitrogen functional groups attached to an aromatic ring is 1. The highest BCUT2D eigenvalue weighted by atomic mass is 15.2. The van der Waals surface area contributed by atoms with Crippen LogP contribution in [-0.2, 0) is 0 Å². The van der Waals surface area contributed by atoms with E-state index in [4.69, 9.17) is 5.84 Å². The Kier molecular flexibility index (Phi) is 3.35. The third-order valence-corrected chi connectivity index (χ3v) is 1.49. The quantitative estimate of drug-likeness (QED) is 0.464. The lowest BCUT2D eigenvalue weighted by molar-refractivity contribution is 0.969. The molecule has 4 N–H and O–H groups in total. The summed E-state index contributed by atoms with van der Waals surface area (Å²) in [4.78, 5) is 4.13. The number of hydrazine groups is 1. The summed E-state index contributed by atoms with van der Waals surface area (Å²) in [5, 5.41) is 3.17. The van der Waals surface area contributed by atoms with E-state index in [-0.39, 0.29) is 0 Å². The Balaban J connectivity index is 2.53. The first-order chi connectivity index (χ1) is 5.86. The molecule has 1 heterocycles. The van der Waals surface area contributed by atoms with Crippen molar-refractivity contribution in [3.8, 4) is 0 Å². The lowest BCUT2D eigenvalue weighted by atomic mass is 10.4. The molecule has 1 aromatic heterocycles. The predicted molar refractivity (Wildman–Crippen MR) is 50.8 cm³/mol. The number of hydrogen-bond acceptors (Lipinski definition) is 4. The molecule has 4 nitrogen and oxygen atoms in total. The number of nitrogens with one attached hydrogen (secondary N) is 2. The number of pyridine rings is 1. The van der Waals surface area contributed by atoms with Crippen LogP contribution in [0.4, 0.5) is 11.5 Å². The van der Waals surface area contributed by atoms with Crippen LogP contribution < -0.4 is 16.6 Å². The SMILES string of the molecule is CCCNc1ccc(NN)cn1. The molecule has 0 saturated heterocycles. The molecule has 0 aromatic carbocycles. The van der Waals surface area contributed by atoms with Gasteiger partial charge in [0, 0.05) is 6.54 Å². The molecule has 1 rings (SSSR count). The maximum absolute atomic E-state index is 5.19. The average molecular weight is 166 g/mol. The number of hydrogen-bond donors (Lipinski definition) is 3. The summed E-state index contributed by atoms with van der Waals surface area (Å²) in [6.45, 7) is 3.06. The van der Waals surface area contributed by atoms with Crippen molar-refractivity contribution >= 4 is 11.5 Å². The summed E-state index contributed by atoms with van der Waals surface area (Å²) in [7, 11) is 0. The zero-order valence-corrected chi connectivity index (χ0v) is 7.17. The minimum absolute atomic E-state index is 0.817. The van der Waals surface area contributed by atoms with Gasteiger partial charge in [0.15, 0.2) is 0 Å². The second-order valence-corrected chi connectivity index (χ2v) is 2.50. The average Bonchev–Trinajstić information content (AvgIpc) is 2.15. The van der Waals surface area contributed by atoms with Crippen LogP contribution in [0.2, 0.25) is 0 Å². The maximum atomic E-state index is 5.19. The van der Waals surface area contributed by atoms with Crippen molar-refractivity contribution in [3.05, 3.63) is 18.3 Å². The highest BCUT2D eigenvalue weighted by Crippen LogP contribution is 2.07.